The zero-order chi connectivity index (χ0) is 14.8. The van der Waals surface area contributed by atoms with Crippen molar-refractivity contribution in [3.05, 3.63) is 65.7 Å². The first-order chi connectivity index (χ1) is 10.4. The summed E-state index contributed by atoms with van der Waals surface area (Å²) in [5.41, 5.74) is 8.21. The summed E-state index contributed by atoms with van der Waals surface area (Å²) >= 11 is 0. The van der Waals surface area contributed by atoms with Crippen LogP contribution in [-0.2, 0) is 12.8 Å². The molecule has 0 atom stereocenters. The summed E-state index contributed by atoms with van der Waals surface area (Å²) in [4.78, 5) is 0. The first kappa shape index (κ1) is 15.6. The van der Waals surface area contributed by atoms with E-state index in [-0.39, 0.29) is 0 Å². The summed E-state index contributed by atoms with van der Waals surface area (Å²) in [7, 11) is 0. The minimum Gasteiger partial charge on any atom is -0.494 e. The van der Waals surface area contributed by atoms with E-state index in [4.69, 9.17) is 10.5 Å². The molecule has 2 nitrogen and oxygen atoms in total. The maximum Gasteiger partial charge on any atom is 0.119 e. The Morgan fingerprint density at radius 1 is 0.714 bits per heavy atom. The molecule has 0 aliphatic rings. The molecule has 2 heteroatoms. The third-order valence-electron chi connectivity index (χ3n) is 3.59. The third kappa shape index (κ3) is 6.01. The number of hydrogen-bond acceptors (Lipinski definition) is 2. The standard InChI is InChI=1S/C19H25NO/c20-15-5-2-6-16-21-19-13-11-18(12-14-19)10-9-17-7-3-1-4-8-17/h1,3-4,7-8,11-14H,2,5-6,9-10,15-16,20H2. The van der Waals surface area contributed by atoms with Crippen molar-refractivity contribution in [3.8, 4) is 5.75 Å². The molecule has 0 amide bonds. The van der Waals surface area contributed by atoms with Gasteiger partial charge in [-0.15, -0.1) is 0 Å². The average molecular weight is 283 g/mol. The van der Waals surface area contributed by atoms with Gasteiger partial charge in [0.15, 0.2) is 0 Å². The topological polar surface area (TPSA) is 35.2 Å². The molecule has 2 aromatic carbocycles. The highest BCUT2D eigenvalue weighted by Gasteiger charge is 1.98. The zero-order valence-corrected chi connectivity index (χ0v) is 12.6. The van der Waals surface area contributed by atoms with Gasteiger partial charge in [-0.05, 0) is 61.9 Å². The predicted octanol–water partition coefficient (Wildman–Crippen LogP) is 3.98. The molecule has 2 rings (SSSR count). The summed E-state index contributed by atoms with van der Waals surface area (Å²) in [6.07, 6.45) is 5.46. The minimum atomic E-state index is 0.774. The average Bonchev–Trinajstić information content (AvgIpc) is 2.55. The van der Waals surface area contributed by atoms with Gasteiger partial charge in [-0.25, -0.2) is 0 Å². The van der Waals surface area contributed by atoms with Crippen molar-refractivity contribution >= 4 is 0 Å². The fraction of sp³-hybridized carbons (Fsp3) is 0.368. The Labute approximate surface area is 127 Å². The van der Waals surface area contributed by atoms with Gasteiger partial charge in [-0.1, -0.05) is 42.5 Å². The highest BCUT2D eigenvalue weighted by molar-refractivity contribution is 5.28. The molecule has 2 aromatic rings. The number of aryl methyl sites for hydroxylation is 2. The molecule has 0 unspecified atom stereocenters. The summed E-state index contributed by atoms with van der Waals surface area (Å²) in [6, 6.07) is 19.1. The molecule has 0 radical (unpaired) electrons. The SMILES string of the molecule is NCCCCCOc1ccc(CCc2ccccc2)cc1. The van der Waals surface area contributed by atoms with Crippen molar-refractivity contribution in [1.82, 2.24) is 0 Å². The Balaban J connectivity index is 1.71. The van der Waals surface area contributed by atoms with Crippen LogP contribution in [0.25, 0.3) is 0 Å². The van der Waals surface area contributed by atoms with Gasteiger partial charge in [0, 0.05) is 0 Å². The lowest BCUT2D eigenvalue weighted by molar-refractivity contribution is 0.305. The lowest BCUT2D eigenvalue weighted by Crippen LogP contribution is -2.01. The zero-order valence-electron chi connectivity index (χ0n) is 12.6. The van der Waals surface area contributed by atoms with E-state index in [1.165, 1.54) is 11.1 Å². The van der Waals surface area contributed by atoms with Gasteiger partial charge in [0.25, 0.3) is 0 Å². The van der Waals surface area contributed by atoms with Crippen LogP contribution in [-0.4, -0.2) is 13.2 Å². The van der Waals surface area contributed by atoms with Gasteiger partial charge in [-0.3, -0.25) is 0 Å². The second kappa shape index (κ2) is 9.19. The molecule has 0 aromatic heterocycles. The summed E-state index contributed by atoms with van der Waals surface area (Å²) in [5, 5.41) is 0. The molecule has 0 bridgehead atoms. The number of unbranched alkanes of at least 4 members (excludes halogenated alkanes) is 2. The Morgan fingerprint density at radius 2 is 1.38 bits per heavy atom. The van der Waals surface area contributed by atoms with Crippen molar-refractivity contribution < 1.29 is 4.74 Å². The molecular formula is C19H25NO. The van der Waals surface area contributed by atoms with E-state index >= 15 is 0 Å². The second-order valence-electron chi connectivity index (χ2n) is 5.33. The Kier molecular flexibility index (Phi) is 6.82. The van der Waals surface area contributed by atoms with E-state index in [1.54, 1.807) is 0 Å². The number of benzene rings is 2. The maximum atomic E-state index is 5.73. The Hall–Kier alpha value is -1.80. The second-order valence-corrected chi connectivity index (χ2v) is 5.33. The van der Waals surface area contributed by atoms with E-state index in [0.717, 1.165) is 51.0 Å². The fourth-order valence-corrected chi connectivity index (χ4v) is 2.30. The Morgan fingerprint density at radius 3 is 2.05 bits per heavy atom. The van der Waals surface area contributed by atoms with Gasteiger partial charge in [0.1, 0.15) is 5.75 Å². The smallest absolute Gasteiger partial charge is 0.119 e. The van der Waals surface area contributed by atoms with Crippen LogP contribution >= 0.6 is 0 Å². The van der Waals surface area contributed by atoms with Crippen LogP contribution in [0.1, 0.15) is 30.4 Å². The highest BCUT2D eigenvalue weighted by atomic mass is 16.5. The van der Waals surface area contributed by atoms with Crippen LogP contribution in [0.5, 0.6) is 5.75 Å². The number of nitrogens with two attached hydrogens (primary N) is 1. The minimum absolute atomic E-state index is 0.774. The van der Waals surface area contributed by atoms with Crippen molar-refractivity contribution in [2.45, 2.75) is 32.1 Å². The molecule has 2 N–H and O–H groups in total. The molecule has 112 valence electrons. The molecule has 0 aliphatic heterocycles. The predicted molar refractivity (Wildman–Crippen MR) is 88.7 cm³/mol. The van der Waals surface area contributed by atoms with Gasteiger partial charge in [0.2, 0.25) is 0 Å². The van der Waals surface area contributed by atoms with Gasteiger partial charge < -0.3 is 10.5 Å². The first-order valence-corrected chi connectivity index (χ1v) is 7.84. The molecule has 0 saturated carbocycles. The van der Waals surface area contributed by atoms with Crippen molar-refractivity contribution in [3.63, 3.8) is 0 Å². The van der Waals surface area contributed by atoms with Crippen LogP contribution in [0.15, 0.2) is 54.6 Å². The molecule has 21 heavy (non-hydrogen) atoms. The monoisotopic (exact) mass is 283 g/mol. The van der Waals surface area contributed by atoms with Crippen LogP contribution < -0.4 is 10.5 Å². The third-order valence-corrected chi connectivity index (χ3v) is 3.59. The van der Waals surface area contributed by atoms with Crippen LogP contribution in [0.4, 0.5) is 0 Å². The molecule has 0 fully saturated rings. The molecule has 0 spiro atoms. The Bertz CT molecular complexity index is 493. The van der Waals surface area contributed by atoms with E-state index in [1.807, 2.05) is 0 Å². The van der Waals surface area contributed by atoms with Gasteiger partial charge in [-0.2, -0.15) is 0 Å². The van der Waals surface area contributed by atoms with Crippen LogP contribution in [0.3, 0.4) is 0 Å². The van der Waals surface area contributed by atoms with Crippen molar-refractivity contribution in [2.24, 2.45) is 5.73 Å². The lowest BCUT2D eigenvalue weighted by atomic mass is 10.0. The summed E-state index contributed by atoms with van der Waals surface area (Å²) < 4.78 is 5.73. The van der Waals surface area contributed by atoms with Gasteiger partial charge in [0.05, 0.1) is 6.61 Å². The quantitative estimate of drug-likeness (QED) is 0.706. The molecule has 0 saturated heterocycles. The van der Waals surface area contributed by atoms with E-state index in [0.29, 0.717) is 0 Å². The van der Waals surface area contributed by atoms with Crippen LogP contribution in [0.2, 0.25) is 0 Å². The van der Waals surface area contributed by atoms with Crippen LogP contribution in [0, 0.1) is 0 Å². The summed E-state index contributed by atoms with van der Waals surface area (Å²) in [5.74, 6) is 0.964. The van der Waals surface area contributed by atoms with E-state index in [9.17, 15) is 0 Å². The number of rotatable bonds is 9. The number of hydrogen-bond donors (Lipinski definition) is 1. The van der Waals surface area contributed by atoms with E-state index < -0.39 is 0 Å². The summed E-state index contributed by atoms with van der Waals surface area (Å²) in [6.45, 7) is 1.56. The van der Waals surface area contributed by atoms with Gasteiger partial charge >= 0.3 is 0 Å². The normalized spacial score (nSPS) is 10.5. The largest absolute Gasteiger partial charge is 0.494 e. The molecule has 0 aliphatic carbocycles. The van der Waals surface area contributed by atoms with Crippen molar-refractivity contribution in [1.29, 1.82) is 0 Å². The van der Waals surface area contributed by atoms with Crippen molar-refractivity contribution in [2.75, 3.05) is 13.2 Å². The first-order valence-electron chi connectivity index (χ1n) is 7.84. The highest BCUT2D eigenvalue weighted by Crippen LogP contribution is 2.14. The van der Waals surface area contributed by atoms with E-state index in [2.05, 4.69) is 54.6 Å². The fourth-order valence-electron chi connectivity index (χ4n) is 2.30. The molecule has 0 heterocycles. The lowest BCUT2D eigenvalue weighted by Gasteiger charge is -2.07. The maximum absolute atomic E-state index is 5.73. The molecular weight excluding hydrogens is 258 g/mol. The number of ether oxygens (including phenoxy) is 1.